The highest BCUT2D eigenvalue weighted by molar-refractivity contribution is 9.09. The Morgan fingerprint density at radius 1 is 0.947 bits per heavy atom. The summed E-state index contributed by atoms with van der Waals surface area (Å²) in [5.74, 6) is 1.65. The van der Waals surface area contributed by atoms with E-state index in [0.29, 0.717) is 34.4 Å². The van der Waals surface area contributed by atoms with E-state index in [1.165, 1.54) is 6.42 Å². The van der Waals surface area contributed by atoms with Crippen LogP contribution in [0.15, 0.2) is 11.1 Å². The molecule has 6 bridgehead atoms. The summed E-state index contributed by atoms with van der Waals surface area (Å²) >= 11 is 3.82. The van der Waals surface area contributed by atoms with Crippen LogP contribution in [0.2, 0.25) is 0 Å². The van der Waals surface area contributed by atoms with Gasteiger partial charge in [-0.3, -0.25) is 0 Å². The molecule has 6 saturated carbocycles. The van der Waals surface area contributed by atoms with Crippen LogP contribution in [-0.2, 0) is 9.59 Å². The summed E-state index contributed by atoms with van der Waals surface area (Å²) in [5, 5.41) is 18.6. The van der Waals surface area contributed by atoms with Crippen LogP contribution in [0.4, 0.5) is 0 Å². The van der Waals surface area contributed by atoms with Gasteiger partial charge in [0.05, 0.1) is 0 Å². The molecule has 0 aromatic heterocycles. The Morgan fingerprint density at radius 2 is 1.58 bits per heavy atom. The normalized spacial score (nSPS) is 57.7. The number of alkyl halides is 1. The fourth-order valence-corrected chi connectivity index (χ4v) is 8.37. The van der Waals surface area contributed by atoms with E-state index < -0.39 is 11.9 Å². The topological polar surface area (TPSA) is 74.6 Å². The quantitative estimate of drug-likeness (QED) is 0.350. The van der Waals surface area contributed by atoms with Gasteiger partial charge < -0.3 is 10.2 Å². The van der Waals surface area contributed by atoms with Crippen LogP contribution in [-0.4, -0.2) is 27.0 Å². The van der Waals surface area contributed by atoms with Gasteiger partial charge in [-0.2, -0.15) is 0 Å². The third kappa shape index (κ3) is 0.874. The fourth-order valence-electron chi connectivity index (χ4n) is 6.94. The summed E-state index contributed by atoms with van der Waals surface area (Å²) in [6.07, 6.45) is 1.20. The maximum Gasteiger partial charge on any atom is 0.343 e. The van der Waals surface area contributed by atoms with Crippen molar-refractivity contribution in [1.29, 1.82) is 0 Å². The third-order valence-corrected chi connectivity index (χ3v) is 8.01. The summed E-state index contributed by atoms with van der Waals surface area (Å²) in [6.45, 7) is 0. The Hall–Kier alpha value is -0.840. The van der Waals surface area contributed by atoms with E-state index in [0.717, 1.165) is 11.5 Å². The predicted molar refractivity (Wildman–Crippen MR) is 67.5 cm³/mol. The van der Waals surface area contributed by atoms with Gasteiger partial charge in [0.2, 0.25) is 0 Å². The Morgan fingerprint density at radius 3 is 2.16 bits per heavy atom. The fraction of sp³-hybridized carbons (Fsp3) is 0.714. The molecule has 0 spiro atoms. The molecule has 5 heteroatoms. The van der Waals surface area contributed by atoms with E-state index >= 15 is 0 Å². The number of hydrogen-bond acceptors (Lipinski definition) is 2. The molecule has 6 aliphatic rings. The van der Waals surface area contributed by atoms with E-state index in [1.807, 2.05) is 0 Å². The first-order valence-electron chi connectivity index (χ1n) is 6.88. The standard InChI is InChI=1S/C14H13BrO4/c15-12-7-3-1-2-4-5(3)10(12)8(6(2)7)9(4)11(13(16)17)14(18)19/h2-8,10,12H,1H2,(H,16,17)(H,18,19)/t2-,3-,4-,5+,6-,7-,8-,10-,12+/m0/s1. The number of hydrogen-bond donors (Lipinski definition) is 2. The first kappa shape index (κ1) is 10.9. The Kier molecular flexibility index (Phi) is 1.67. The number of allylic oxidation sites excluding steroid dienone is 1. The van der Waals surface area contributed by atoms with Crippen LogP contribution in [0, 0.1) is 47.3 Å². The van der Waals surface area contributed by atoms with Crippen molar-refractivity contribution in [3.8, 4) is 0 Å². The van der Waals surface area contributed by atoms with Crippen molar-refractivity contribution in [3.63, 3.8) is 0 Å². The maximum atomic E-state index is 11.4. The summed E-state index contributed by atoms with van der Waals surface area (Å²) in [5.41, 5.74) is 0.495. The van der Waals surface area contributed by atoms with Crippen molar-refractivity contribution in [1.82, 2.24) is 0 Å². The van der Waals surface area contributed by atoms with E-state index in [9.17, 15) is 19.8 Å². The molecule has 0 radical (unpaired) electrons. The molecule has 6 aliphatic carbocycles. The van der Waals surface area contributed by atoms with E-state index in [4.69, 9.17) is 0 Å². The zero-order valence-electron chi connectivity index (χ0n) is 9.99. The number of halogens is 1. The van der Waals surface area contributed by atoms with Gasteiger partial charge in [-0.15, -0.1) is 0 Å². The van der Waals surface area contributed by atoms with Gasteiger partial charge in [-0.05, 0) is 59.3 Å². The van der Waals surface area contributed by atoms with Gasteiger partial charge in [-0.1, -0.05) is 15.9 Å². The Bertz CT molecular complexity index is 564. The average Bonchev–Trinajstić information content (AvgIpc) is 3.01. The van der Waals surface area contributed by atoms with Crippen molar-refractivity contribution in [3.05, 3.63) is 11.1 Å². The van der Waals surface area contributed by atoms with Gasteiger partial charge >= 0.3 is 11.9 Å². The lowest BCUT2D eigenvalue weighted by molar-refractivity contribution is -0.140. The summed E-state index contributed by atoms with van der Waals surface area (Å²) in [7, 11) is 0. The Balaban J connectivity index is 1.77. The minimum absolute atomic E-state index is 0.246. The number of carboxylic acid groups (broad SMARTS) is 2. The monoisotopic (exact) mass is 324 g/mol. The van der Waals surface area contributed by atoms with Crippen LogP contribution in [0.3, 0.4) is 0 Å². The zero-order valence-corrected chi connectivity index (χ0v) is 11.6. The van der Waals surface area contributed by atoms with Crippen LogP contribution >= 0.6 is 15.9 Å². The molecule has 0 saturated heterocycles. The molecule has 0 aromatic carbocycles. The molecule has 100 valence electrons. The molecule has 9 atom stereocenters. The number of rotatable bonds is 2. The lowest BCUT2D eigenvalue weighted by Gasteiger charge is -2.32. The van der Waals surface area contributed by atoms with Gasteiger partial charge in [0.15, 0.2) is 0 Å². The largest absolute Gasteiger partial charge is 0.477 e. The number of carbonyl (C=O) groups is 2. The highest BCUT2D eigenvalue weighted by Crippen LogP contribution is 2.85. The Labute approximate surface area is 118 Å². The van der Waals surface area contributed by atoms with Crippen LogP contribution in [0.25, 0.3) is 0 Å². The second kappa shape index (κ2) is 2.92. The van der Waals surface area contributed by atoms with Crippen molar-refractivity contribution in [2.45, 2.75) is 11.2 Å². The van der Waals surface area contributed by atoms with Gasteiger partial charge in [0.25, 0.3) is 0 Å². The molecule has 6 fully saturated rings. The second-order valence-electron chi connectivity index (χ2n) is 6.81. The van der Waals surface area contributed by atoms with Crippen molar-refractivity contribution in [2.24, 2.45) is 47.3 Å². The molecular formula is C14H13BrO4. The highest BCUT2D eigenvalue weighted by Gasteiger charge is 2.82. The molecule has 6 rings (SSSR count). The molecule has 0 aromatic rings. The molecule has 0 amide bonds. The first-order chi connectivity index (χ1) is 9.04. The lowest BCUT2D eigenvalue weighted by atomic mass is 9.71. The smallest absolute Gasteiger partial charge is 0.343 e. The first-order valence-corrected chi connectivity index (χ1v) is 7.80. The van der Waals surface area contributed by atoms with Crippen molar-refractivity contribution < 1.29 is 19.8 Å². The molecule has 0 heterocycles. The lowest BCUT2D eigenvalue weighted by Crippen LogP contribution is -2.30. The minimum atomic E-state index is -1.25. The SMILES string of the molecule is O=C(O)C(C(=O)O)=C1[C@H]2[C@@H]3C[C@H]4[C@H]2[C@@H]2[C@H](Br)[C@@H]4[C@H]3[C@@H]12. The van der Waals surface area contributed by atoms with Crippen LogP contribution in [0.5, 0.6) is 0 Å². The number of aliphatic carboxylic acids is 2. The van der Waals surface area contributed by atoms with Crippen molar-refractivity contribution >= 4 is 27.9 Å². The van der Waals surface area contributed by atoms with Crippen LogP contribution < -0.4 is 0 Å². The molecule has 19 heavy (non-hydrogen) atoms. The average molecular weight is 325 g/mol. The summed E-state index contributed by atoms with van der Waals surface area (Å²) < 4.78 is 0. The molecular weight excluding hydrogens is 312 g/mol. The summed E-state index contributed by atoms with van der Waals surface area (Å²) in [6, 6.07) is 0. The predicted octanol–water partition coefficient (Wildman–Crippen LogP) is 1.60. The van der Waals surface area contributed by atoms with E-state index in [1.54, 1.807) is 0 Å². The third-order valence-electron chi connectivity index (χ3n) is 6.79. The molecule has 0 unspecified atom stereocenters. The molecule has 2 N–H and O–H groups in total. The van der Waals surface area contributed by atoms with Gasteiger partial charge in [-0.25, -0.2) is 9.59 Å². The van der Waals surface area contributed by atoms with Gasteiger partial charge in [0, 0.05) is 4.83 Å². The zero-order chi connectivity index (χ0) is 13.2. The van der Waals surface area contributed by atoms with E-state index in [-0.39, 0.29) is 17.4 Å². The highest BCUT2D eigenvalue weighted by atomic mass is 79.9. The minimum Gasteiger partial charge on any atom is -0.477 e. The van der Waals surface area contributed by atoms with E-state index in [2.05, 4.69) is 15.9 Å². The van der Waals surface area contributed by atoms with Gasteiger partial charge in [0.1, 0.15) is 5.57 Å². The second-order valence-corrected chi connectivity index (χ2v) is 7.87. The van der Waals surface area contributed by atoms with Crippen LogP contribution in [0.1, 0.15) is 6.42 Å². The maximum absolute atomic E-state index is 11.4. The van der Waals surface area contributed by atoms with Crippen molar-refractivity contribution in [2.75, 3.05) is 0 Å². The number of carboxylic acids is 2. The molecule has 4 nitrogen and oxygen atoms in total. The molecule has 0 aliphatic heterocycles. The summed E-state index contributed by atoms with van der Waals surface area (Å²) in [4.78, 5) is 23.2.